The Morgan fingerprint density at radius 2 is 2.19 bits per heavy atom. The zero-order valence-electron chi connectivity index (χ0n) is 10.5. The second-order valence-electron chi connectivity index (χ2n) is 4.78. The molecule has 1 aromatic heterocycles. The molecular weight excluding hydrogens is 202 g/mol. The molecule has 0 saturated carbocycles. The van der Waals surface area contributed by atoms with Gasteiger partial charge in [0.2, 0.25) is 0 Å². The van der Waals surface area contributed by atoms with E-state index in [1.807, 2.05) is 45.1 Å². The van der Waals surface area contributed by atoms with Gasteiger partial charge in [0.05, 0.1) is 5.60 Å². The van der Waals surface area contributed by atoms with E-state index in [1.54, 1.807) is 6.20 Å². The summed E-state index contributed by atoms with van der Waals surface area (Å²) in [5.41, 5.74) is 1.37. The Hall–Kier alpha value is -1.13. The standard InChI is InChI=1S/C12H21N3O/c1-10-7-13-6-5-11(10)14-8-12(2,16)9-15(3)4/h5-7,16H,8-9H2,1-4H3,(H,13,14). The van der Waals surface area contributed by atoms with Crippen LogP contribution in [0.2, 0.25) is 0 Å². The summed E-state index contributed by atoms with van der Waals surface area (Å²) < 4.78 is 0. The first-order valence-corrected chi connectivity index (χ1v) is 5.42. The van der Waals surface area contributed by atoms with Gasteiger partial charge < -0.3 is 15.3 Å². The third-order valence-electron chi connectivity index (χ3n) is 2.34. The quantitative estimate of drug-likeness (QED) is 0.785. The van der Waals surface area contributed by atoms with Crippen LogP contribution >= 0.6 is 0 Å². The monoisotopic (exact) mass is 223 g/mol. The second kappa shape index (κ2) is 5.27. The fraction of sp³-hybridized carbons (Fsp3) is 0.583. The minimum Gasteiger partial charge on any atom is -0.387 e. The summed E-state index contributed by atoms with van der Waals surface area (Å²) in [6.45, 7) is 4.98. The van der Waals surface area contributed by atoms with E-state index in [1.165, 1.54) is 0 Å². The highest BCUT2D eigenvalue weighted by atomic mass is 16.3. The minimum absolute atomic E-state index is 0.524. The maximum absolute atomic E-state index is 10.1. The third kappa shape index (κ3) is 4.16. The molecule has 0 bridgehead atoms. The van der Waals surface area contributed by atoms with Crippen molar-refractivity contribution in [2.24, 2.45) is 0 Å². The summed E-state index contributed by atoms with van der Waals surface area (Å²) in [6.07, 6.45) is 3.55. The second-order valence-corrected chi connectivity index (χ2v) is 4.78. The van der Waals surface area contributed by atoms with Crippen molar-refractivity contribution in [3.8, 4) is 0 Å². The third-order valence-corrected chi connectivity index (χ3v) is 2.34. The number of aryl methyl sites for hydroxylation is 1. The van der Waals surface area contributed by atoms with E-state index in [0.717, 1.165) is 11.3 Å². The van der Waals surface area contributed by atoms with Crippen molar-refractivity contribution in [2.75, 3.05) is 32.5 Å². The average Bonchev–Trinajstić information content (AvgIpc) is 2.14. The van der Waals surface area contributed by atoms with Crippen LogP contribution in [0.25, 0.3) is 0 Å². The van der Waals surface area contributed by atoms with Crippen LogP contribution in [0.4, 0.5) is 5.69 Å². The maximum atomic E-state index is 10.1. The molecule has 0 aliphatic heterocycles. The van der Waals surface area contributed by atoms with Crippen LogP contribution in [0.3, 0.4) is 0 Å². The van der Waals surface area contributed by atoms with Crippen LogP contribution < -0.4 is 5.32 Å². The van der Waals surface area contributed by atoms with Gasteiger partial charge in [-0.1, -0.05) is 0 Å². The van der Waals surface area contributed by atoms with Crippen LogP contribution in [0.15, 0.2) is 18.5 Å². The van der Waals surface area contributed by atoms with Crippen molar-refractivity contribution in [3.63, 3.8) is 0 Å². The van der Waals surface area contributed by atoms with E-state index in [0.29, 0.717) is 13.1 Å². The number of nitrogens with one attached hydrogen (secondary N) is 1. The first-order valence-electron chi connectivity index (χ1n) is 5.42. The number of nitrogens with zero attached hydrogens (tertiary/aromatic N) is 2. The summed E-state index contributed by atoms with van der Waals surface area (Å²) in [5.74, 6) is 0. The Kier molecular flexibility index (Phi) is 4.26. The Morgan fingerprint density at radius 1 is 1.50 bits per heavy atom. The number of anilines is 1. The van der Waals surface area contributed by atoms with Crippen molar-refractivity contribution < 1.29 is 5.11 Å². The maximum Gasteiger partial charge on any atom is 0.0917 e. The minimum atomic E-state index is -0.737. The molecule has 4 heteroatoms. The number of hydrogen-bond acceptors (Lipinski definition) is 4. The van der Waals surface area contributed by atoms with Crippen molar-refractivity contribution in [1.82, 2.24) is 9.88 Å². The van der Waals surface area contributed by atoms with Gasteiger partial charge in [0, 0.05) is 31.2 Å². The van der Waals surface area contributed by atoms with E-state index in [2.05, 4.69) is 10.3 Å². The lowest BCUT2D eigenvalue weighted by Crippen LogP contribution is -2.43. The molecule has 0 spiro atoms. The molecule has 1 atom stereocenters. The molecule has 0 aromatic carbocycles. The SMILES string of the molecule is Cc1cnccc1NCC(C)(O)CN(C)C. The molecular formula is C12H21N3O. The lowest BCUT2D eigenvalue weighted by Gasteiger charge is -2.27. The molecule has 0 amide bonds. The lowest BCUT2D eigenvalue weighted by atomic mass is 10.1. The van der Waals surface area contributed by atoms with Gasteiger partial charge in [-0.25, -0.2) is 0 Å². The largest absolute Gasteiger partial charge is 0.387 e. The zero-order valence-corrected chi connectivity index (χ0v) is 10.5. The first-order chi connectivity index (χ1) is 7.41. The highest BCUT2D eigenvalue weighted by Gasteiger charge is 2.20. The van der Waals surface area contributed by atoms with Crippen molar-refractivity contribution >= 4 is 5.69 Å². The Balaban J connectivity index is 2.54. The smallest absolute Gasteiger partial charge is 0.0917 e. The molecule has 1 rings (SSSR count). The van der Waals surface area contributed by atoms with Gasteiger partial charge in [0.15, 0.2) is 0 Å². The fourth-order valence-corrected chi connectivity index (χ4v) is 1.69. The predicted octanol–water partition coefficient (Wildman–Crippen LogP) is 1.11. The molecule has 0 aliphatic carbocycles. The molecule has 1 heterocycles. The van der Waals surface area contributed by atoms with Gasteiger partial charge in [-0.05, 0) is 39.6 Å². The van der Waals surface area contributed by atoms with E-state index < -0.39 is 5.60 Å². The number of pyridine rings is 1. The molecule has 0 saturated heterocycles. The van der Waals surface area contributed by atoms with Gasteiger partial charge >= 0.3 is 0 Å². The van der Waals surface area contributed by atoms with E-state index in [9.17, 15) is 5.11 Å². The predicted molar refractivity (Wildman–Crippen MR) is 66.6 cm³/mol. The van der Waals surface area contributed by atoms with Gasteiger partial charge in [0.1, 0.15) is 0 Å². The number of hydrogen-bond donors (Lipinski definition) is 2. The van der Waals surface area contributed by atoms with Crippen LogP contribution in [0.1, 0.15) is 12.5 Å². The highest BCUT2D eigenvalue weighted by molar-refractivity contribution is 5.48. The molecule has 1 aromatic rings. The van der Waals surface area contributed by atoms with Crippen LogP contribution in [-0.2, 0) is 0 Å². The summed E-state index contributed by atoms with van der Waals surface area (Å²) in [6, 6.07) is 1.92. The van der Waals surface area contributed by atoms with Gasteiger partial charge in [-0.2, -0.15) is 0 Å². The molecule has 1 unspecified atom stereocenters. The summed E-state index contributed by atoms with van der Waals surface area (Å²) in [5, 5.41) is 13.4. The Bertz CT molecular complexity index is 337. The van der Waals surface area contributed by atoms with Gasteiger partial charge in [-0.3, -0.25) is 4.98 Å². The molecule has 16 heavy (non-hydrogen) atoms. The number of rotatable bonds is 5. The molecule has 90 valence electrons. The molecule has 0 aliphatic rings. The fourth-order valence-electron chi connectivity index (χ4n) is 1.69. The number of aliphatic hydroxyl groups is 1. The highest BCUT2D eigenvalue weighted by Crippen LogP contribution is 2.13. The average molecular weight is 223 g/mol. The first kappa shape index (κ1) is 12.9. The van der Waals surface area contributed by atoms with E-state index >= 15 is 0 Å². The molecule has 0 fully saturated rings. The van der Waals surface area contributed by atoms with Crippen molar-refractivity contribution in [1.29, 1.82) is 0 Å². The molecule has 0 radical (unpaired) electrons. The van der Waals surface area contributed by atoms with Crippen molar-refractivity contribution in [2.45, 2.75) is 19.4 Å². The molecule has 4 nitrogen and oxygen atoms in total. The normalized spacial score (nSPS) is 14.9. The van der Waals surface area contributed by atoms with Crippen LogP contribution in [-0.4, -0.2) is 47.8 Å². The van der Waals surface area contributed by atoms with Crippen LogP contribution in [0.5, 0.6) is 0 Å². The zero-order chi connectivity index (χ0) is 12.2. The Morgan fingerprint density at radius 3 is 2.75 bits per heavy atom. The topological polar surface area (TPSA) is 48.4 Å². The van der Waals surface area contributed by atoms with E-state index in [4.69, 9.17) is 0 Å². The van der Waals surface area contributed by atoms with Gasteiger partial charge in [-0.15, -0.1) is 0 Å². The van der Waals surface area contributed by atoms with Crippen LogP contribution in [0, 0.1) is 6.92 Å². The number of aromatic nitrogens is 1. The Labute approximate surface area is 97.3 Å². The summed E-state index contributed by atoms with van der Waals surface area (Å²) in [4.78, 5) is 6.00. The summed E-state index contributed by atoms with van der Waals surface area (Å²) in [7, 11) is 3.90. The summed E-state index contributed by atoms with van der Waals surface area (Å²) >= 11 is 0. The van der Waals surface area contributed by atoms with E-state index in [-0.39, 0.29) is 0 Å². The lowest BCUT2D eigenvalue weighted by molar-refractivity contribution is 0.0460. The molecule has 2 N–H and O–H groups in total. The van der Waals surface area contributed by atoms with Gasteiger partial charge in [0.25, 0.3) is 0 Å². The number of likely N-dealkylation sites (N-methyl/N-ethyl adjacent to an activating group) is 1. The van der Waals surface area contributed by atoms with Crippen molar-refractivity contribution in [3.05, 3.63) is 24.0 Å².